The van der Waals surface area contributed by atoms with Gasteiger partial charge in [0.05, 0.1) is 11.8 Å². The first-order chi connectivity index (χ1) is 8.38. The minimum absolute atomic E-state index is 0.331. The Bertz CT molecular complexity index is 687. The summed E-state index contributed by atoms with van der Waals surface area (Å²) in [5.41, 5.74) is 2.82. The van der Waals surface area contributed by atoms with Gasteiger partial charge >= 0.3 is 0 Å². The zero-order valence-corrected chi connectivity index (χ0v) is 8.98. The maximum Gasteiger partial charge on any atom is 0.137 e. The standard InChI is InChI=1S/C12H9N5/c13-3-6-16-7-8-17-12(16)9-11(15-17)10-1-4-14-5-2-10/h1-2,4-5,7-9H,6H2. The molecule has 0 spiro atoms. The van der Waals surface area contributed by atoms with E-state index in [4.69, 9.17) is 5.26 Å². The molecule has 0 bridgehead atoms. The molecule has 0 N–H and O–H groups in total. The monoisotopic (exact) mass is 223 g/mol. The summed E-state index contributed by atoms with van der Waals surface area (Å²) in [5.74, 6) is 0. The Morgan fingerprint density at radius 2 is 2.06 bits per heavy atom. The average molecular weight is 223 g/mol. The summed E-state index contributed by atoms with van der Waals surface area (Å²) in [7, 11) is 0. The number of hydrogen-bond acceptors (Lipinski definition) is 3. The van der Waals surface area contributed by atoms with Gasteiger partial charge in [-0.25, -0.2) is 4.52 Å². The van der Waals surface area contributed by atoms with E-state index in [1.165, 1.54) is 0 Å². The minimum atomic E-state index is 0.331. The number of aromatic nitrogens is 4. The van der Waals surface area contributed by atoms with Crippen LogP contribution in [0.2, 0.25) is 0 Å². The van der Waals surface area contributed by atoms with Gasteiger partial charge in [0, 0.05) is 36.4 Å². The molecule has 17 heavy (non-hydrogen) atoms. The number of rotatable bonds is 2. The molecule has 5 nitrogen and oxygen atoms in total. The van der Waals surface area contributed by atoms with Gasteiger partial charge in [0.25, 0.3) is 0 Å². The Kier molecular flexibility index (Phi) is 2.12. The molecule has 0 unspecified atom stereocenters. The second-order valence-corrected chi connectivity index (χ2v) is 3.65. The first-order valence-corrected chi connectivity index (χ1v) is 5.20. The van der Waals surface area contributed by atoms with Crippen molar-refractivity contribution in [3.05, 3.63) is 43.0 Å². The molecule has 3 aromatic rings. The van der Waals surface area contributed by atoms with Crippen molar-refractivity contribution >= 4 is 5.65 Å². The molecule has 0 saturated carbocycles. The summed E-state index contributed by atoms with van der Waals surface area (Å²) in [4.78, 5) is 3.98. The van der Waals surface area contributed by atoms with Crippen LogP contribution in [-0.2, 0) is 6.54 Å². The summed E-state index contributed by atoms with van der Waals surface area (Å²) in [5, 5.41) is 13.2. The lowest BCUT2D eigenvalue weighted by Crippen LogP contribution is -1.92. The molecule has 3 aromatic heterocycles. The summed E-state index contributed by atoms with van der Waals surface area (Å²) in [6.45, 7) is 0.331. The van der Waals surface area contributed by atoms with Gasteiger partial charge < -0.3 is 4.57 Å². The van der Waals surface area contributed by atoms with Crippen molar-refractivity contribution in [3.63, 3.8) is 0 Å². The first-order valence-electron chi connectivity index (χ1n) is 5.20. The van der Waals surface area contributed by atoms with Crippen LogP contribution in [0.5, 0.6) is 0 Å². The Hall–Kier alpha value is -2.61. The van der Waals surface area contributed by atoms with E-state index in [9.17, 15) is 0 Å². The van der Waals surface area contributed by atoms with Crippen molar-refractivity contribution in [3.8, 4) is 17.3 Å². The van der Waals surface area contributed by atoms with Crippen LogP contribution in [-0.4, -0.2) is 19.2 Å². The van der Waals surface area contributed by atoms with Crippen LogP contribution in [0.4, 0.5) is 0 Å². The Balaban J connectivity index is 2.12. The average Bonchev–Trinajstić information content (AvgIpc) is 2.93. The van der Waals surface area contributed by atoms with Gasteiger partial charge in [0.1, 0.15) is 12.2 Å². The highest BCUT2D eigenvalue weighted by atomic mass is 15.3. The van der Waals surface area contributed by atoms with E-state index in [0.29, 0.717) is 6.54 Å². The van der Waals surface area contributed by atoms with Gasteiger partial charge in [-0.2, -0.15) is 10.4 Å². The predicted molar refractivity (Wildman–Crippen MR) is 62.0 cm³/mol. The molecule has 0 atom stereocenters. The fourth-order valence-corrected chi connectivity index (χ4v) is 1.80. The fourth-order valence-electron chi connectivity index (χ4n) is 1.80. The van der Waals surface area contributed by atoms with Crippen LogP contribution in [0, 0.1) is 11.3 Å². The van der Waals surface area contributed by atoms with E-state index in [0.717, 1.165) is 16.9 Å². The molecule has 0 aliphatic carbocycles. The smallest absolute Gasteiger partial charge is 0.137 e. The van der Waals surface area contributed by atoms with Crippen LogP contribution < -0.4 is 0 Å². The normalized spacial score (nSPS) is 10.5. The zero-order valence-electron chi connectivity index (χ0n) is 8.98. The van der Waals surface area contributed by atoms with Crippen molar-refractivity contribution in [2.24, 2.45) is 0 Å². The van der Waals surface area contributed by atoms with Crippen molar-refractivity contribution in [2.45, 2.75) is 6.54 Å². The van der Waals surface area contributed by atoms with Crippen LogP contribution in [0.1, 0.15) is 0 Å². The van der Waals surface area contributed by atoms with Gasteiger partial charge in [0.15, 0.2) is 0 Å². The lowest BCUT2D eigenvalue weighted by molar-refractivity contribution is 0.859. The van der Waals surface area contributed by atoms with Crippen LogP contribution in [0.15, 0.2) is 43.0 Å². The van der Waals surface area contributed by atoms with Crippen LogP contribution >= 0.6 is 0 Å². The lowest BCUT2D eigenvalue weighted by Gasteiger charge is -1.93. The lowest BCUT2D eigenvalue weighted by atomic mass is 10.2. The molecule has 0 radical (unpaired) electrons. The van der Waals surface area contributed by atoms with Crippen LogP contribution in [0.3, 0.4) is 0 Å². The van der Waals surface area contributed by atoms with E-state index in [1.807, 2.05) is 35.2 Å². The fraction of sp³-hybridized carbons (Fsp3) is 0.0833. The van der Waals surface area contributed by atoms with E-state index in [2.05, 4.69) is 16.2 Å². The van der Waals surface area contributed by atoms with Gasteiger partial charge in [-0.3, -0.25) is 4.98 Å². The van der Waals surface area contributed by atoms with E-state index in [-0.39, 0.29) is 0 Å². The third-order valence-corrected chi connectivity index (χ3v) is 2.62. The van der Waals surface area contributed by atoms with Crippen molar-refractivity contribution in [1.29, 1.82) is 5.26 Å². The molecular weight excluding hydrogens is 214 g/mol. The van der Waals surface area contributed by atoms with E-state index in [1.54, 1.807) is 16.9 Å². The summed E-state index contributed by atoms with van der Waals surface area (Å²) in [6.07, 6.45) is 7.17. The maximum atomic E-state index is 8.71. The molecule has 0 amide bonds. The number of hydrogen-bond donors (Lipinski definition) is 0. The molecule has 82 valence electrons. The summed E-state index contributed by atoms with van der Waals surface area (Å²) >= 11 is 0. The molecule has 3 heterocycles. The third-order valence-electron chi connectivity index (χ3n) is 2.62. The quantitative estimate of drug-likeness (QED) is 0.664. The van der Waals surface area contributed by atoms with Gasteiger partial charge in [-0.1, -0.05) is 0 Å². The van der Waals surface area contributed by atoms with Gasteiger partial charge in [-0.15, -0.1) is 0 Å². The second-order valence-electron chi connectivity index (χ2n) is 3.65. The van der Waals surface area contributed by atoms with Crippen molar-refractivity contribution in [1.82, 2.24) is 19.2 Å². The highest BCUT2D eigenvalue weighted by molar-refractivity contribution is 5.63. The zero-order chi connectivity index (χ0) is 11.7. The van der Waals surface area contributed by atoms with Gasteiger partial charge in [-0.05, 0) is 12.1 Å². The summed E-state index contributed by atoms with van der Waals surface area (Å²) < 4.78 is 3.63. The number of imidazole rings is 1. The van der Waals surface area contributed by atoms with Gasteiger partial charge in [0.2, 0.25) is 0 Å². The number of fused-ring (bicyclic) bond motifs is 1. The highest BCUT2D eigenvalue weighted by Crippen LogP contribution is 2.19. The topological polar surface area (TPSA) is 58.9 Å². The molecule has 0 saturated heterocycles. The third kappa shape index (κ3) is 1.56. The number of nitrogens with zero attached hydrogens (tertiary/aromatic N) is 5. The molecule has 3 rings (SSSR count). The molecule has 0 aliphatic heterocycles. The predicted octanol–water partition coefficient (Wildman–Crippen LogP) is 1.72. The van der Waals surface area contributed by atoms with E-state index >= 15 is 0 Å². The molecule has 0 fully saturated rings. The SMILES string of the molecule is N#CCn1ccn2nc(-c3ccncc3)cc12. The highest BCUT2D eigenvalue weighted by Gasteiger charge is 2.07. The molecule has 0 aliphatic rings. The Morgan fingerprint density at radius 1 is 1.24 bits per heavy atom. The molecule has 0 aromatic carbocycles. The number of nitriles is 1. The minimum Gasteiger partial charge on any atom is -0.318 e. The molecular formula is C12H9N5. The van der Waals surface area contributed by atoms with Crippen molar-refractivity contribution < 1.29 is 0 Å². The van der Waals surface area contributed by atoms with E-state index < -0.39 is 0 Å². The maximum absolute atomic E-state index is 8.71. The first kappa shape index (κ1) is 9.60. The largest absolute Gasteiger partial charge is 0.318 e. The van der Waals surface area contributed by atoms with Crippen LogP contribution in [0.25, 0.3) is 16.9 Å². The Morgan fingerprint density at radius 3 is 2.82 bits per heavy atom. The summed E-state index contributed by atoms with van der Waals surface area (Å²) in [6, 6.07) is 7.91. The van der Waals surface area contributed by atoms with Crippen molar-refractivity contribution in [2.75, 3.05) is 0 Å². The number of pyridine rings is 1. The Labute approximate surface area is 97.6 Å². The second kappa shape index (κ2) is 3.76. The molecule has 5 heteroatoms.